The SMILES string of the molecule is CCn1nc(C)c(CNCc2c(C(=O)N(C)CCc3ccccc3)nc3sccn23)c1C. The number of amides is 1. The number of carbonyl (C=O) groups excluding carboxylic acids is 1. The predicted molar refractivity (Wildman–Crippen MR) is 128 cm³/mol. The number of imidazole rings is 1. The zero-order chi connectivity index (χ0) is 22.7. The van der Waals surface area contributed by atoms with Crippen molar-refractivity contribution in [2.45, 2.75) is 46.8 Å². The molecule has 0 aliphatic rings. The van der Waals surface area contributed by atoms with E-state index < -0.39 is 0 Å². The number of carbonyl (C=O) groups is 1. The quantitative estimate of drug-likeness (QED) is 0.421. The van der Waals surface area contributed by atoms with Gasteiger partial charge in [-0.25, -0.2) is 4.98 Å². The van der Waals surface area contributed by atoms with E-state index in [1.165, 1.54) is 16.8 Å². The molecule has 1 amide bonds. The van der Waals surface area contributed by atoms with Crippen molar-refractivity contribution < 1.29 is 4.79 Å². The molecule has 4 rings (SSSR count). The Hall–Kier alpha value is -2.97. The molecule has 168 valence electrons. The Bertz CT molecular complexity index is 1210. The molecule has 4 aromatic rings. The molecule has 0 aliphatic heterocycles. The van der Waals surface area contributed by atoms with Crippen LogP contribution in [0.2, 0.25) is 0 Å². The van der Waals surface area contributed by atoms with E-state index in [9.17, 15) is 4.79 Å². The van der Waals surface area contributed by atoms with Crippen molar-refractivity contribution in [1.29, 1.82) is 0 Å². The number of hydrogen-bond donors (Lipinski definition) is 1. The lowest BCUT2D eigenvalue weighted by Gasteiger charge is -2.17. The van der Waals surface area contributed by atoms with E-state index in [-0.39, 0.29) is 5.91 Å². The summed E-state index contributed by atoms with van der Waals surface area (Å²) >= 11 is 1.54. The van der Waals surface area contributed by atoms with Crippen LogP contribution in [0.4, 0.5) is 0 Å². The molecule has 1 N–H and O–H groups in total. The molecule has 0 bridgehead atoms. The predicted octanol–water partition coefficient (Wildman–Crippen LogP) is 3.83. The van der Waals surface area contributed by atoms with Gasteiger partial charge in [-0.05, 0) is 32.8 Å². The smallest absolute Gasteiger partial charge is 0.274 e. The molecular formula is C24H30N6OS. The first-order valence-electron chi connectivity index (χ1n) is 11.0. The Kier molecular flexibility index (Phi) is 6.72. The molecule has 7 nitrogen and oxygen atoms in total. The maximum Gasteiger partial charge on any atom is 0.274 e. The lowest BCUT2D eigenvalue weighted by atomic mass is 10.1. The van der Waals surface area contributed by atoms with Gasteiger partial charge in [0.25, 0.3) is 5.91 Å². The number of nitrogens with zero attached hydrogens (tertiary/aromatic N) is 5. The molecule has 0 unspecified atom stereocenters. The van der Waals surface area contributed by atoms with Gasteiger partial charge >= 0.3 is 0 Å². The van der Waals surface area contributed by atoms with E-state index in [1.54, 1.807) is 16.2 Å². The van der Waals surface area contributed by atoms with Crippen LogP contribution in [0.15, 0.2) is 41.9 Å². The zero-order valence-electron chi connectivity index (χ0n) is 19.1. The highest BCUT2D eigenvalue weighted by molar-refractivity contribution is 7.15. The summed E-state index contributed by atoms with van der Waals surface area (Å²) < 4.78 is 4.05. The van der Waals surface area contributed by atoms with Gasteiger partial charge in [0.15, 0.2) is 10.7 Å². The lowest BCUT2D eigenvalue weighted by molar-refractivity contribution is 0.0790. The molecular weight excluding hydrogens is 420 g/mol. The molecule has 0 atom stereocenters. The summed E-state index contributed by atoms with van der Waals surface area (Å²) in [5.41, 5.74) is 6.09. The number of rotatable bonds is 9. The number of thiazole rings is 1. The van der Waals surface area contributed by atoms with Gasteiger partial charge in [-0.1, -0.05) is 30.3 Å². The number of fused-ring (bicyclic) bond motifs is 1. The van der Waals surface area contributed by atoms with E-state index in [0.717, 1.165) is 29.3 Å². The van der Waals surface area contributed by atoms with Crippen LogP contribution in [0.5, 0.6) is 0 Å². The third-order valence-corrected chi connectivity index (χ3v) is 6.67. The minimum atomic E-state index is -0.0419. The van der Waals surface area contributed by atoms with Crippen LogP contribution in [-0.4, -0.2) is 43.6 Å². The van der Waals surface area contributed by atoms with Crippen LogP contribution in [0.3, 0.4) is 0 Å². The number of benzene rings is 1. The fourth-order valence-electron chi connectivity index (χ4n) is 4.00. The molecule has 0 radical (unpaired) electrons. The molecule has 3 heterocycles. The number of aryl methyl sites for hydroxylation is 2. The monoisotopic (exact) mass is 450 g/mol. The standard InChI is InChI=1S/C24H30N6OS/c1-5-30-18(3)20(17(2)27-30)15-25-16-21-22(26-24-29(21)13-14-32-24)23(31)28(4)12-11-19-9-7-6-8-10-19/h6-10,13-14,25H,5,11-12,15-16H2,1-4H3. The van der Waals surface area contributed by atoms with Gasteiger partial charge in [-0.2, -0.15) is 5.10 Å². The second kappa shape index (κ2) is 9.67. The van der Waals surface area contributed by atoms with Crippen molar-refractivity contribution in [2.75, 3.05) is 13.6 Å². The van der Waals surface area contributed by atoms with Gasteiger partial charge < -0.3 is 10.2 Å². The summed E-state index contributed by atoms with van der Waals surface area (Å²) in [6, 6.07) is 10.2. The average molecular weight is 451 g/mol. The summed E-state index contributed by atoms with van der Waals surface area (Å²) in [5, 5.41) is 10.1. The van der Waals surface area contributed by atoms with Crippen molar-refractivity contribution in [3.05, 3.63) is 75.8 Å². The van der Waals surface area contributed by atoms with Crippen LogP contribution < -0.4 is 5.32 Å². The maximum absolute atomic E-state index is 13.3. The summed E-state index contributed by atoms with van der Waals surface area (Å²) in [7, 11) is 1.85. The van der Waals surface area contributed by atoms with Crippen molar-refractivity contribution in [1.82, 2.24) is 29.4 Å². The first kappa shape index (κ1) is 22.2. The Morgan fingerprint density at radius 2 is 1.97 bits per heavy atom. The summed E-state index contributed by atoms with van der Waals surface area (Å²) in [5.74, 6) is -0.0419. The third kappa shape index (κ3) is 4.47. The van der Waals surface area contributed by atoms with Crippen LogP contribution in [0.25, 0.3) is 4.96 Å². The van der Waals surface area contributed by atoms with Crippen molar-refractivity contribution in [3.63, 3.8) is 0 Å². The molecule has 0 aliphatic carbocycles. The van der Waals surface area contributed by atoms with Crippen molar-refractivity contribution >= 4 is 22.2 Å². The Morgan fingerprint density at radius 3 is 2.69 bits per heavy atom. The van der Waals surface area contributed by atoms with Crippen LogP contribution in [0.1, 0.15) is 45.6 Å². The summed E-state index contributed by atoms with van der Waals surface area (Å²) in [6.45, 7) is 9.01. The largest absolute Gasteiger partial charge is 0.340 e. The average Bonchev–Trinajstić information content (AvgIpc) is 3.47. The maximum atomic E-state index is 13.3. The van der Waals surface area contributed by atoms with E-state index in [1.807, 2.05) is 52.8 Å². The molecule has 0 spiro atoms. The molecule has 0 saturated carbocycles. The molecule has 1 aromatic carbocycles. The van der Waals surface area contributed by atoms with E-state index in [2.05, 4.69) is 41.4 Å². The van der Waals surface area contributed by atoms with Gasteiger partial charge in [0.1, 0.15) is 0 Å². The molecule has 3 aromatic heterocycles. The summed E-state index contributed by atoms with van der Waals surface area (Å²) in [6.07, 6.45) is 2.80. The van der Waals surface area contributed by atoms with Gasteiger partial charge in [-0.3, -0.25) is 13.9 Å². The number of nitrogens with one attached hydrogen (secondary N) is 1. The highest BCUT2D eigenvalue weighted by Crippen LogP contribution is 2.20. The molecule has 32 heavy (non-hydrogen) atoms. The van der Waals surface area contributed by atoms with Gasteiger partial charge in [-0.15, -0.1) is 11.3 Å². The van der Waals surface area contributed by atoms with E-state index >= 15 is 0 Å². The first-order chi connectivity index (χ1) is 15.5. The molecule has 0 saturated heterocycles. The van der Waals surface area contributed by atoms with Crippen LogP contribution >= 0.6 is 11.3 Å². The summed E-state index contributed by atoms with van der Waals surface area (Å²) in [4.78, 5) is 20.5. The van der Waals surface area contributed by atoms with Crippen LogP contribution in [0, 0.1) is 13.8 Å². The lowest BCUT2D eigenvalue weighted by Crippen LogP contribution is -2.30. The second-order valence-electron chi connectivity index (χ2n) is 7.99. The van der Waals surface area contributed by atoms with Crippen molar-refractivity contribution in [2.24, 2.45) is 0 Å². The topological polar surface area (TPSA) is 67.5 Å². The van der Waals surface area contributed by atoms with Gasteiger partial charge in [0.05, 0.1) is 11.4 Å². The van der Waals surface area contributed by atoms with Gasteiger partial charge in [0, 0.05) is 56.1 Å². The Morgan fingerprint density at radius 1 is 1.19 bits per heavy atom. The highest BCUT2D eigenvalue weighted by Gasteiger charge is 2.22. The van der Waals surface area contributed by atoms with Crippen LogP contribution in [-0.2, 0) is 26.1 Å². The normalized spacial score (nSPS) is 11.4. The second-order valence-corrected chi connectivity index (χ2v) is 8.87. The zero-order valence-corrected chi connectivity index (χ0v) is 19.9. The fraction of sp³-hybridized carbons (Fsp3) is 0.375. The highest BCUT2D eigenvalue weighted by atomic mass is 32.1. The number of likely N-dealkylation sites (N-methyl/N-ethyl adjacent to an activating group) is 1. The molecule has 0 fully saturated rings. The van der Waals surface area contributed by atoms with Crippen molar-refractivity contribution in [3.8, 4) is 0 Å². The Balaban J connectivity index is 1.48. The Labute approximate surface area is 192 Å². The van der Waals surface area contributed by atoms with E-state index in [4.69, 9.17) is 0 Å². The minimum Gasteiger partial charge on any atom is -0.340 e. The number of aromatic nitrogens is 4. The fourth-order valence-corrected chi connectivity index (χ4v) is 4.73. The first-order valence-corrected chi connectivity index (χ1v) is 11.8. The van der Waals surface area contributed by atoms with Gasteiger partial charge in [0.2, 0.25) is 0 Å². The minimum absolute atomic E-state index is 0.0419. The molecule has 8 heteroatoms. The van der Waals surface area contributed by atoms with E-state index in [0.29, 0.717) is 25.3 Å². The third-order valence-electron chi connectivity index (χ3n) is 5.91. The number of hydrogen-bond acceptors (Lipinski definition) is 5.